The van der Waals surface area contributed by atoms with Gasteiger partial charge in [0.25, 0.3) is 6.43 Å². The van der Waals surface area contributed by atoms with Crippen LogP contribution in [0.25, 0.3) is 0 Å². The lowest BCUT2D eigenvalue weighted by atomic mass is 10.3. The zero-order valence-electron chi connectivity index (χ0n) is 8.18. The highest BCUT2D eigenvalue weighted by atomic mass is 19.3. The Morgan fingerprint density at radius 2 is 2.00 bits per heavy atom. The Morgan fingerprint density at radius 1 is 1.43 bits per heavy atom. The Bertz CT molecular complexity index is 212. The topological polar surface area (TPSA) is 9.23 Å². The third-order valence-corrected chi connectivity index (χ3v) is 2.49. The summed E-state index contributed by atoms with van der Waals surface area (Å²) < 4.78 is 41.9. The predicted molar refractivity (Wildman–Crippen MR) is 46.8 cm³/mol. The molecule has 0 aromatic carbocycles. The SMILES string of the molecule is C[N+]1(C/C=C(\F)C(F)F)CCOCC1. The van der Waals surface area contributed by atoms with Crippen molar-refractivity contribution in [1.29, 1.82) is 0 Å². The highest BCUT2D eigenvalue weighted by Crippen LogP contribution is 2.13. The molecule has 0 bridgehead atoms. The standard InChI is InChI=1S/C9H15F3NO/c1-13(4-6-14-7-5-13)3-2-8(10)9(11)12/h2,9H,3-7H2,1H3/q+1/b8-2-. The molecule has 0 N–H and O–H groups in total. The van der Waals surface area contributed by atoms with Crippen molar-refractivity contribution in [3.63, 3.8) is 0 Å². The minimum Gasteiger partial charge on any atom is -0.370 e. The number of nitrogens with zero attached hydrogens (tertiary/aromatic N) is 1. The smallest absolute Gasteiger partial charge is 0.289 e. The van der Waals surface area contributed by atoms with Crippen molar-refractivity contribution in [1.82, 2.24) is 0 Å². The van der Waals surface area contributed by atoms with Gasteiger partial charge in [0.15, 0.2) is 5.83 Å². The second-order valence-electron chi connectivity index (χ2n) is 3.75. The Balaban J connectivity index is 2.46. The Labute approximate surface area is 81.5 Å². The van der Waals surface area contributed by atoms with Crippen LogP contribution in [0, 0.1) is 0 Å². The molecule has 1 fully saturated rings. The van der Waals surface area contributed by atoms with E-state index < -0.39 is 12.3 Å². The number of quaternary nitrogens is 1. The van der Waals surface area contributed by atoms with Crippen molar-refractivity contribution in [3.05, 3.63) is 11.9 Å². The number of likely N-dealkylation sites (N-methyl/N-ethyl adjacent to an activating group) is 1. The van der Waals surface area contributed by atoms with Crippen LogP contribution < -0.4 is 0 Å². The summed E-state index contributed by atoms with van der Waals surface area (Å²) in [5.41, 5.74) is 0. The molecule has 0 radical (unpaired) electrons. The van der Waals surface area contributed by atoms with Crippen LogP contribution in [-0.2, 0) is 4.74 Å². The van der Waals surface area contributed by atoms with E-state index in [1.807, 2.05) is 7.05 Å². The van der Waals surface area contributed by atoms with Gasteiger partial charge in [-0.25, -0.2) is 13.2 Å². The van der Waals surface area contributed by atoms with E-state index in [2.05, 4.69) is 0 Å². The summed E-state index contributed by atoms with van der Waals surface area (Å²) in [6, 6.07) is 0. The Morgan fingerprint density at radius 3 is 2.50 bits per heavy atom. The molecule has 1 heterocycles. The van der Waals surface area contributed by atoms with Gasteiger partial charge in [0.05, 0.1) is 20.3 Å². The van der Waals surface area contributed by atoms with Crippen LogP contribution in [-0.4, -0.2) is 50.8 Å². The molecular weight excluding hydrogens is 195 g/mol. The minimum atomic E-state index is -2.98. The molecule has 0 aliphatic carbocycles. The largest absolute Gasteiger partial charge is 0.370 e. The molecule has 1 aliphatic heterocycles. The van der Waals surface area contributed by atoms with Gasteiger partial charge in [-0.15, -0.1) is 0 Å². The van der Waals surface area contributed by atoms with Gasteiger partial charge in [-0.3, -0.25) is 0 Å². The first-order chi connectivity index (χ1) is 6.53. The van der Waals surface area contributed by atoms with Crippen LogP contribution in [0.15, 0.2) is 11.9 Å². The third-order valence-electron chi connectivity index (χ3n) is 2.49. The van der Waals surface area contributed by atoms with E-state index in [0.29, 0.717) is 24.2 Å². The normalized spacial score (nSPS) is 22.8. The highest BCUT2D eigenvalue weighted by molar-refractivity contribution is 4.94. The molecule has 14 heavy (non-hydrogen) atoms. The van der Waals surface area contributed by atoms with Gasteiger partial charge in [0.1, 0.15) is 19.6 Å². The first kappa shape index (κ1) is 11.5. The van der Waals surface area contributed by atoms with E-state index in [1.165, 1.54) is 0 Å². The molecule has 5 heteroatoms. The summed E-state index contributed by atoms with van der Waals surface area (Å²) in [4.78, 5) is 0. The lowest BCUT2D eigenvalue weighted by molar-refractivity contribution is -0.911. The maximum absolute atomic E-state index is 12.5. The van der Waals surface area contributed by atoms with Gasteiger partial charge >= 0.3 is 0 Å². The number of hydrogen-bond acceptors (Lipinski definition) is 1. The van der Waals surface area contributed by atoms with Crippen LogP contribution in [0.3, 0.4) is 0 Å². The van der Waals surface area contributed by atoms with Gasteiger partial charge in [0.2, 0.25) is 0 Å². The number of morpholine rings is 1. The van der Waals surface area contributed by atoms with E-state index in [0.717, 1.165) is 19.2 Å². The first-order valence-corrected chi connectivity index (χ1v) is 4.58. The molecule has 0 saturated carbocycles. The van der Waals surface area contributed by atoms with E-state index in [1.54, 1.807) is 0 Å². The molecule has 82 valence electrons. The maximum atomic E-state index is 12.5. The zero-order chi connectivity index (χ0) is 10.6. The minimum absolute atomic E-state index is 0.305. The number of ether oxygens (including phenoxy) is 1. The van der Waals surface area contributed by atoms with E-state index in [4.69, 9.17) is 4.74 Å². The van der Waals surface area contributed by atoms with Crippen LogP contribution in [0.4, 0.5) is 13.2 Å². The molecule has 0 aromatic rings. The van der Waals surface area contributed by atoms with Crippen LogP contribution >= 0.6 is 0 Å². The molecule has 0 atom stereocenters. The van der Waals surface area contributed by atoms with Crippen molar-refractivity contribution in [2.24, 2.45) is 0 Å². The average Bonchev–Trinajstić information content (AvgIpc) is 2.15. The lowest BCUT2D eigenvalue weighted by Gasteiger charge is -2.36. The van der Waals surface area contributed by atoms with Crippen LogP contribution in [0.1, 0.15) is 0 Å². The number of halogens is 3. The number of allylic oxidation sites excluding steroid dienone is 1. The number of alkyl halides is 2. The second-order valence-corrected chi connectivity index (χ2v) is 3.75. The van der Waals surface area contributed by atoms with Crippen LogP contribution in [0.2, 0.25) is 0 Å². The first-order valence-electron chi connectivity index (χ1n) is 4.58. The summed E-state index contributed by atoms with van der Waals surface area (Å²) in [7, 11) is 1.91. The lowest BCUT2D eigenvalue weighted by Crippen LogP contribution is -2.52. The van der Waals surface area contributed by atoms with Crippen molar-refractivity contribution >= 4 is 0 Å². The molecule has 1 saturated heterocycles. The van der Waals surface area contributed by atoms with Gasteiger partial charge in [-0.2, -0.15) is 0 Å². The zero-order valence-corrected chi connectivity index (χ0v) is 8.18. The summed E-state index contributed by atoms with van der Waals surface area (Å²) in [5.74, 6) is -1.32. The summed E-state index contributed by atoms with van der Waals surface area (Å²) in [5, 5.41) is 0. The van der Waals surface area contributed by atoms with Crippen LogP contribution in [0.5, 0.6) is 0 Å². The summed E-state index contributed by atoms with van der Waals surface area (Å²) in [6.45, 7) is 3.01. The average molecular weight is 210 g/mol. The van der Waals surface area contributed by atoms with Gasteiger partial charge in [-0.05, 0) is 0 Å². The van der Waals surface area contributed by atoms with Gasteiger partial charge in [-0.1, -0.05) is 0 Å². The summed E-state index contributed by atoms with van der Waals surface area (Å²) in [6.07, 6.45) is -2.00. The van der Waals surface area contributed by atoms with Crippen molar-refractivity contribution in [2.45, 2.75) is 6.43 Å². The number of hydrogen-bond donors (Lipinski definition) is 0. The Hall–Kier alpha value is -0.550. The van der Waals surface area contributed by atoms with Gasteiger partial charge < -0.3 is 9.22 Å². The maximum Gasteiger partial charge on any atom is 0.289 e. The quantitative estimate of drug-likeness (QED) is 0.643. The van der Waals surface area contributed by atoms with Crippen molar-refractivity contribution in [3.8, 4) is 0 Å². The second kappa shape index (κ2) is 4.79. The van der Waals surface area contributed by atoms with Gasteiger partial charge in [0, 0.05) is 6.08 Å². The fraction of sp³-hybridized carbons (Fsp3) is 0.778. The fourth-order valence-electron chi connectivity index (χ4n) is 1.36. The molecule has 0 unspecified atom stereocenters. The van der Waals surface area contributed by atoms with Crippen molar-refractivity contribution < 1.29 is 22.4 Å². The third kappa shape index (κ3) is 3.31. The molecule has 0 aromatic heterocycles. The molecule has 1 rings (SSSR count). The molecule has 2 nitrogen and oxygen atoms in total. The Kier molecular flexibility index (Phi) is 3.95. The van der Waals surface area contributed by atoms with E-state index >= 15 is 0 Å². The van der Waals surface area contributed by atoms with E-state index in [-0.39, 0.29) is 0 Å². The summed E-state index contributed by atoms with van der Waals surface area (Å²) >= 11 is 0. The molecule has 0 spiro atoms. The molecule has 1 aliphatic rings. The van der Waals surface area contributed by atoms with E-state index in [9.17, 15) is 13.2 Å². The predicted octanol–water partition coefficient (Wildman–Crippen LogP) is 1.58. The molecule has 0 amide bonds. The number of rotatable bonds is 3. The fourth-order valence-corrected chi connectivity index (χ4v) is 1.36. The van der Waals surface area contributed by atoms with Crippen molar-refractivity contribution in [2.75, 3.05) is 39.9 Å². The molecular formula is C9H15F3NO+. The highest BCUT2D eigenvalue weighted by Gasteiger charge is 2.24. The monoisotopic (exact) mass is 210 g/mol.